The second-order valence-electron chi connectivity index (χ2n) is 6.30. The zero-order chi connectivity index (χ0) is 17.7. The Kier molecular flexibility index (Phi) is 3.46. The van der Waals surface area contributed by atoms with E-state index in [1.54, 1.807) is 28.6 Å². The number of amides is 1. The number of nitrogens with zero attached hydrogens (tertiary/aromatic N) is 5. The second-order valence-corrected chi connectivity index (χ2v) is 6.30. The first kappa shape index (κ1) is 15.6. The van der Waals surface area contributed by atoms with Gasteiger partial charge in [0.2, 0.25) is 0 Å². The number of fused-ring (bicyclic) bond motifs is 2. The first-order chi connectivity index (χ1) is 11.9. The highest BCUT2D eigenvalue weighted by molar-refractivity contribution is 5.93. The van der Waals surface area contributed by atoms with Crippen LogP contribution in [0.5, 0.6) is 0 Å². The van der Waals surface area contributed by atoms with Crippen LogP contribution in [0.1, 0.15) is 40.5 Å². The van der Waals surface area contributed by atoms with Crippen molar-refractivity contribution in [2.45, 2.75) is 33.0 Å². The molecule has 3 aromatic rings. The van der Waals surface area contributed by atoms with Crippen LogP contribution in [0.15, 0.2) is 23.1 Å². The van der Waals surface area contributed by atoms with Crippen LogP contribution in [0.25, 0.3) is 5.65 Å². The highest BCUT2D eigenvalue weighted by Gasteiger charge is 2.26. The van der Waals surface area contributed by atoms with E-state index in [0.29, 0.717) is 31.0 Å². The van der Waals surface area contributed by atoms with Crippen LogP contribution in [-0.2, 0) is 13.1 Å². The summed E-state index contributed by atoms with van der Waals surface area (Å²) in [5.74, 6) is -0.356. The quantitative estimate of drug-likeness (QED) is 0.693. The fourth-order valence-electron chi connectivity index (χ4n) is 3.06. The largest absolute Gasteiger partial charge is 0.387 e. The Morgan fingerprint density at radius 3 is 2.92 bits per heavy atom. The molecule has 0 spiro atoms. The van der Waals surface area contributed by atoms with E-state index in [0.717, 1.165) is 11.4 Å². The van der Waals surface area contributed by atoms with E-state index in [4.69, 9.17) is 0 Å². The van der Waals surface area contributed by atoms with Gasteiger partial charge < -0.3 is 10.0 Å². The Morgan fingerprint density at radius 2 is 2.16 bits per heavy atom. The lowest BCUT2D eigenvalue weighted by molar-refractivity contribution is 0.0703. The smallest absolute Gasteiger partial charge is 0.285 e. The van der Waals surface area contributed by atoms with Crippen LogP contribution in [-0.4, -0.2) is 46.8 Å². The summed E-state index contributed by atoms with van der Waals surface area (Å²) in [6, 6.07) is 3.53. The topological polar surface area (TPSA) is 109 Å². The Labute approximate surface area is 142 Å². The van der Waals surface area contributed by atoms with E-state index in [-0.39, 0.29) is 11.5 Å². The van der Waals surface area contributed by atoms with Crippen molar-refractivity contribution in [2.24, 2.45) is 0 Å². The Bertz CT molecular complexity index is 1030. The molecule has 1 aliphatic heterocycles. The van der Waals surface area contributed by atoms with Gasteiger partial charge in [-0.15, -0.1) is 0 Å². The molecule has 1 amide bonds. The predicted octanol–water partition coefficient (Wildman–Crippen LogP) is 0.237. The number of hydrogen-bond donors (Lipinski definition) is 2. The van der Waals surface area contributed by atoms with Crippen molar-refractivity contribution in [1.82, 2.24) is 29.3 Å². The summed E-state index contributed by atoms with van der Waals surface area (Å²) >= 11 is 0. The molecule has 1 aliphatic rings. The van der Waals surface area contributed by atoms with E-state index in [9.17, 15) is 14.7 Å². The molecular weight excluding hydrogens is 324 g/mol. The highest BCUT2D eigenvalue weighted by Crippen LogP contribution is 2.18. The third-order valence-electron chi connectivity index (χ3n) is 4.38. The van der Waals surface area contributed by atoms with Crippen molar-refractivity contribution in [3.63, 3.8) is 0 Å². The van der Waals surface area contributed by atoms with Crippen LogP contribution >= 0.6 is 0 Å². The maximum Gasteiger partial charge on any atom is 0.285 e. The van der Waals surface area contributed by atoms with Gasteiger partial charge in [0, 0.05) is 24.5 Å². The van der Waals surface area contributed by atoms with Gasteiger partial charge in [0.1, 0.15) is 5.56 Å². The molecule has 25 heavy (non-hydrogen) atoms. The number of aromatic nitrogens is 5. The SMILES string of the molecule is Cc1cc2ncc(C(=O)N3CCn4nc([C@@H](C)O)cc4C3)c(=O)n2[nH]1. The van der Waals surface area contributed by atoms with Crippen LogP contribution < -0.4 is 5.56 Å². The number of hydrogen-bond acceptors (Lipinski definition) is 5. The molecule has 0 radical (unpaired) electrons. The van der Waals surface area contributed by atoms with Crippen LogP contribution in [0.2, 0.25) is 0 Å². The zero-order valence-electron chi connectivity index (χ0n) is 13.9. The van der Waals surface area contributed by atoms with E-state index in [1.807, 2.05) is 6.92 Å². The summed E-state index contributed by atoms with van der Waals surface area (Å²) in [6.45, 7) is 4.77. The molecule has 130 valence electrons. The first-order valence-electron chi connectivity index (χ1n) is 8.05. The average Bonchev–Trinajstić information content (AvgIpc) is 3.17. The van der Waals surface area contributed by atoms with Crippen LogP contribution in [0.4, 0.5) is 0 Å². The predicted molar refractivity (Wildman–Crippen MR) is 88.2 cm³/mol. The summed E-state index contributed by atoms with van der Waals surface area (Å²) in [6.07, 6.45) is 0.676. The van der Waals surface area contributed by atoms with E-state index in [2.05, 4.69) is 15.2 Å². The zero-order valence-corrected chi connectivity index (χ0v) is 13.9. The summed E-state index contributed by atoms with van der Waals surface area (Å²) in [7, 11) is 0. The van der Waals surface area contributed by atoms with Gasteiger partial charge in [0.15, 0.2) is 5.65 Å². The van der Waals surface area contributed by atoms with Crippen molar-refractivity contribution >= 4 is 11.6 Å². The minimum Gasteiger partial charge on any atom is -0.387 e. The molecule has 0 aromatic carbocycles. The third kappa shape index (κ3) is 2.52. The van der Waals surface area contributed by atoms with Gasteiger partial charge in [-0.05, 0) is 19.9 Å². The maximum absolute atomic E-state index is 12.8. The van der Waals surface area contributed by atoms with Crippen molar-refractivity contribution < 1.29 is 9.90 Å². The molecule has 0 saturated carbocycles. The Hall–Kier alpha value is -2.94. The number of carbonyl (C=O) groups excluding carboxylic acids is 1. The summed E-state index contributed by atoms with van der Waals surface area (Å²) in [5.41, 5.74) is 2.31. The third-order valence-corrected chi connectivity index (χ3v) is 4.38. The minimum atomic E-state index is -0.658. The normalized spacial score (nSPS) is 15.4. The number of aromatic amines is 1. The lowest BCUT2D eigenvalue weighted by atomic mass is 10.2. The molecule has 9 heteroatoms. The van der Waals surface area contributed by atoms with Gasteiger partial charge in [-0.1, -0.05) is 0 Å². The number of aryl methyl sites for hydroxylation is 1. The maximum atomic E-state index is 12.8. The molecule has 9 nitrogen and oxygen atoms in total. The van der Waals surface area contributed by atoms with Gasteiger partial charge in [-0.25, -0.2) is 9.50 Å². The fraction of sp³-hybridized carbons (Fsp3) is 0.375. The molecule has 0 fully saturated rings. The molecule has 3 aromatic heterocycles. The summed E-state index contributed by atoms with van der Waals surface area (Å²) in [5, 5.41) is 16.9. The van der Waals surface area contributed by atoms with Gasteiger partial charge in [0.05, 0.1) is 30.6 Å². The number of aliphatic hydroxyl groups excluding tert-OH is 1. The molecule has 0 unspecified atom stereocenters. The molecule has 1 atom stereocenters. The Balaban J connectivity index is 1.65. The van der Waals surface area contributed by atoms with E-state index in [1.165, 1.54) is 10.7 Å². The monoisotopic (exact) mass is 342 g/mol. The fourth-order valence-corrected chi connectivity index (χ4v) is 3.06. The number of rotatable bonds is 2. The van der Waals surface area contributed by atoms with Crippen molar-refractivity contribution in [2.75, 3.05) is 6.54 Å². The summed E-state index contributed by atoms with van der Waals surface area (Å²) < 4.78 is 3.07. The minimum absolute atomic E-state index is 0.0306. The number of H-pyrrole nitrogens is 1. The first-order valence-corrected chi connectivity index (χ1v) is 8.05. The van der Waals surface area contributed by atoms with Crippen molar-refractivity contribution in [3.8, 4) is 0 Å². The standard InChI is InChI=1S/C16H18N6O3/c1-9-5-14-17-7-12(16(25)22(14)18-9)15(24)20-3-4-21-11(8-20)6-13(19-21)10(2)23/h5-7,10,18,23H,3-4,8H2,1-2H3/t10-/m1/s1. The van der Waals surface area contributed by atoms with Crippen LogP contribution in [0.3, 0.4) is 0 Å². The Morgan fingerprint density at radius 1 is 1.36 bits per heavy atom. The van der Waals surface area contributed by atoms with E-state index >= 15 is 0 Å². The number of carbonyl (C=O) groups is 1. The van der Waals surface area contributed by atoms with E-state index < -0.39 is 11.7 Å². The second kappa shape index (κ2) is 5.55. The molecule has 4 rings (SSSR count). The lowest BCUT2D eigenvalue weighted by Crippen LogP contribution is -2.41. The number of nitrogens with one attached hydrogen (secondary N) is 1. The average molecular weight is 342 g/mol. The van der Waals surface area contributed by atoms with Crippen molar-refractivity contribution in [1.29, 1.82) is 0 Å². The van der Waals surface area contributed by atoms with Gasteiger partial charge in [-0.3, -0.25) is 19.4 Å². The van der Waals surface area contributed by atoms with Gasteiger partial charge in [-0.2, -0.15) is 5.10 Å². The van der Waals surface area contributed by atoms with Gasteiger partial charge >= 0.3 is 0 Å². The summed E-state index contributed by atoms with van der Waals surface area (Å²) in [4.78, 5) is 31.1. The van der Waals surface area contributed by atoms with Crippen molar-refractivity contribution in [3.05, 3.63) is 51.3 Å². The molecule has 4 heterocycles. The van der Waals surface area contributed by atoms with Gasteiger partial charge in [0.25, 0.3) is 11.5 Å². The molecule has 0 aliphatic carbocycles. The molecule has 0 saturated heterocycles. The molecule has 0 bridgehead atoms. The lowest BCUT2D eigenvalue weighted by Gasteiger charge is -2.27. The highest BCUT2D eigenvalue weighted by atomic mass is 16.3. The molecule has 2 N–H and O–H groups in total. The number of aliphatic hydroxyl groups is 1. The molecular formula is C16H18N6O3. The van der Waals surface area contributed by atoms with Crippen LogP contribution in [0, 0.1) is 6.92 Å².